The summed E-state index contributed by atoms with van der Waals surface area (Å²) in [7, 11) is 0. The molecule has 0 aromatic heterocycles. The lowest BCUT2D eigenvalue weighted by Crippen LogP contribution is -2.48. The van der Waals surface area contributed by atoms with Crippen LogP contribution in [0, 0.1) is 11.8 Å². The van der Waals surface area contributed by atoms with Crippen molar-refractivity contribution < 1.29 is 14.4 Å². The molecule has 0 aliphatic carbocycles. The van der Waals surface area contributed by atoms with Crippen molar-refractivity contribution in [3.8, 4) is 0 Å². The Balaban J connectivity index is 1.40. The number of fused-ring (bicyclic) bond motifs is 6. The maximum atomic E-state index is 14.2. The van der Waals surface area contributed by atoms with Crippen molar-refractivity contribution in [1.29, 1.82) is 0 Å². The first-order valence-electron chi connectivity index (χ1n) is 12.4. The van der Waals surface area contributed by atoms with Gasteiger partial charge >= 0.3 is 0 Å². The van der Waals surface area contributed by atoms with Gasteiger partial charge < -0.3 is 4.90 Å². The van der Waals surface area contributed by atoms with E-state index in [2.05, 4.69) is 15.9 Å². The van der Waals surface area contributed by atoms with Gasteiger partial charge in [-0.15, -0.1) is 0 Å². The minimum Gasteiger partial charge on any atom is -0.352 e. The Morgan fingerprint density at radius 3 is 2.37 bits per heavy atom. The van der Waals surface area contributed by atoms with Gasteiger partial charge in [0.1, 0.15) is 6.04 Å². The molecule has 0 bridgehead atoms. The Morgan fingerprint density at radius 2 is 1.55 bits per heavy atom. The van der Waals surface area contributed by atoms with Crippen LogP contribution in [0.25, 0.3) is 16.8 Å². The van der Waals surface area contributed by atoms with Crippen LogP contribution in [0.2, 0.25) is 5.02 Å². The van der Waals surface area contributed by atoms with E-state index in [9.17, 15) is 14.4 Å². The number of rotatable bonds is 3. The Hall–Kier alpha value is -3.74. The summed E-state index contributed by atoms with van der Waals surface area (Å²) in [6.45, 7) is 0. The van der Waals surface area contributed by atoms with Crippen molar-refractivity contribution in [2.45, 2.75) is 12.1 Å². The summed E-state index contributed by atoms with van der Waals surface area (Å²) < 4.78 is 0.850. The van der Waals surface area contributed by atoms with Crippen LogP contribution in [0.5, 0.6) is 0 Å². The molecule has 2 fully saturated rings. The number of halogens is 2. The Bertz CT molecular complexity index is 1690. The molecule has 2 saturated heterocycles. The Labute approximate surface area is 232 Å². The van der Waals surface area contributed by atoms with Gasteiger partial charge in [0.15, 0.2) is 5.78 Å². The second kappa shape index (κ2) is 8.65. The van der Waals surface area contributed by atoms with Crippen LogP contribution in [0.3, 0.4) is 0 Å². The van der Waals surface area contributed by atoms with Gasteiger partial charge in [0, 0.05) is 26.1 Å². The fourth-order valence-corrected chi connectivity index (χ4v) is 6.69. The van der Waals surface area contributed by atoms with Crippen LogP contribution in [0.1, 0.15) is 15.9 Å². The number of benzene rings is 4. The first kappa shape index (κ1) is 23.4. The highest BCUT2D eigenvalue weighted by atomic mass is 79.9. The van der Waals surface area contributed by atoms with Crippen LogP contribution in [-0.2, 0) is 9.59 Å². The molecule has 0 radical (unpaired) electrons. The topological polar surface area (TPSA) is 57.7 Å². The standard InChI is InChI=1S/C31H20BrClN2O3/c32-20-12-8-19(9-13-20)29(36)28-27-26(24-15-11-18-10-14-21(33)16-25(18)34(24)28)30(37)35(31(27)38)23-7-3-5-17-4-1-2-6-22(17)23/h1-16,24,26-28H/t24-,26-,27+,28-/m0/s1. The van der Waals surface area contributed by atoms with E-state index in [0.29, 0.717) is 16.3 Å². The molecule has 3 aliphatic rings. The highest BCUT2D eigenvalue weighted by Gasteiger charge is 2.64. The number of carbonyl (C=O) groups is 3. The lowest BCUT2D eigenvalue weighted by atomic mass is 9.86. The van der Waals surface area contributed by atoms with E-state index in [-0.39, 0.29) is 17.6 Å². The number of amides is 2. The molecule has 5 nitrogen and oxygen atoms in total. The molecule has 38 heavy (non-hydrogen) atoms. The monoisotopic (exact) mass is 582 g/mol. The van der Waals surface area contributed by atoms with Gasteiger partial charge in [-0.1, -0.05) is 94.3 Å². The Morgan fingerprint density at radius 1 is 0.816 bits per heavy atom. The third-order valence-electron chi connectivity index (χ3n) is 7.88. The number of anilines is 2. The van der Waals surface area contributed by atoms with Crippen LogP contribution >= 0.6 is 27.5 Å². The molecule has 0 spiro atoms. The third kappa shape index (κ3) is 3.33. The van der Waals surface area contributed by atoms with Crippen molar-refractivity contribution in [2.24, 2.45) is 11.8 Å². The van der Waals surface area contributed by atoms with E-state index in [1.165, 1.54) is 4.90 Å². The van der Waals surface area contributed by atoms with Gasteiger partial charge in [0.05, 0.1) is 23.6 Å². The number of ketones is 1. The molecule has 4 atom stereocenters. The molecule has 0 N–H and O–H groups in total. The second-order valence-corrected chi connectivity index (χ2v) is 11.2. The zero-order valence-electron chi connectivity index (χ0n) is 19.9. The SMILES string of the molecule is O=C(c1ccc(Br)cc1)[C@@H]1[C@@H]2C(=O)N(c3cccc4ccccc34)C(=O)[C@H]2[C@@H]2C=Cc3ccc(Cl)cc3N12. The third-order valence-corrected chi connectivity index (χ3v) is 8.64. The predicted octanol–water partition coefficient (Wildman–Crippen LogP) is 6.53. The molecule has 7 rings (SSSR count). The number of carbonyl (C=O) groups excluding carboxylic acids is 3. The number of hydrogen-bond acceptors (Lipinski definition) is 4. The first-order valence-corrected chi connectivity index (χ1v) is 13.5. The van der Waals surface area contributed by atoms with E-state index >= 15 is 0 Å². The van der Waals surface area contributed by atoms with Crippen molar-refractivity contribution >= 4 is 73.4 Å². The first-order chi connectivity index (χ1) is 18.4. The highest BCUT2D eigenvalue weighted by molar-refractivity contribution is 9.10. The normalized spacial score (nSPS) is 23.5. The molecular weight excluding hydrogens is 564 g/mol. The highest BCUT2D eigenvalue weighted by Crippen LogP contribution is 2.50. The lowest BCUT2D eigenvalue weighted by Gasteiger charge is -2.36. The molecule has 0 saturated carbocycles. The lowest BCUT2D eigenvalue weighted by molar-refractivity contribution is -0.122. The molecule has 4 aromatic carbocycles. The number of nitrogens with zero attached hydrogens (tertiary/aromatic N) is 2. The van der Waals surface area contributed by atoms with Gasteiger partial charge in [0.25, 0.3) is 0 Å². The van der Waals surface area contributed by atoms with Crippen LogP contribution in [-0.4, -0.2) is 29.7 Å². The summed E-state index contributed by atoms with van der Waals surface area (Å²) in [6.07, 6.45) is 3.90. The van der Waals surface area contributed by atoms with E-state index in [4.69, 9.17) is 11.6 Å². The van der Waals surface area contributed by atoms with Gasteiger partial charge in [-0.05, 0) is 41.3 Å². The minimum atomic E-state index is -0.857. The molecule has 0 unspecified atom stereocenters. The fraction of sp³-hybridized carbons (Fsp3) is 0.129. The average Bonchev–Trinajstić information content (AvgIpc) is 3.41. The Kier molecular flexibility index (Phi) is 5.32. The summed E-state index contributed by atoms with van der Waals surface area (Å²) in [5.74, 6) is -2.37. The second-order valence-electron chi connectivity index (χ2n) is 9.84. The van der Waals surface area contributed by atoms with E-state index in [0.717, 1.165) is 26.5 Å². The largest absolute Gasteiger partial charge is 0.352 e. The van der Waals surface area contributed by atoms with Crippen molar-refractivity contribution in [3.63, 3.8) is 0 Å². The smallest absolute Gasteiger partial charge is 0.240 e. The number of imide groups is 1. The molecule has 3 heterocycles. The maximum absolute atomic E-state index is 14.2. The fourth-order valence-electron chi connectivity index (χ4n) is 6.26. The zero-order valence-corrected chi connectivity index (χ0v) is 22.3. The molecule has 3 aliphatic heterocycles. The van der Waals surface area contributed by atoms with Crippen molar-refractivity contribution in [2.75, 3.05) is 9.80 Å². The molecule has 4 aromatic rings. The number of Topliss-reactive ketones (excluding diaryl/α,β-unsaturated/α-hetero) is 1. The van der Waals surface area contributed by atoms with Gasteiger partial charge in [-0.3, -0.25) is 14.4 Å². The minimum absolute atomic E-state index is 0.197. The summed E-state index contributed by atoms with van der Waals surface area (Å²) in [6, 6.07) is 24.6. The summed E-state index contributed by atoms with van der Waals surface area (Å²) in [5, 5.41) is 2.29. The summed E-state index contributed by atoms with van der Waals surface area (Å²) >= 11 is 9.81. The van der Waals surface area contributed by atoms with Crippen LogP contribution in [0.4, 0.5) is 11.4 Å². The quantitative estimate of drug-likeness (QED) is 0.203. The predicted molar refractivity (Wildman–Crippen MR) is 152 cm³/mol. The van der Waals surface area contributed by atoms with Crippen LogP contribution < -0.4 is 9.80 Å². The van der Waals surface area contributed by atoms with E-state index in [1.807, 2.05) is 77.7 Å². The molecule has 2 amide bonds. The van der Waals surface area contributed by atoms with E-state index in [1.54, 1.807) is 24.3 Å². The van der Waals surface area contributed by atoms with Crippen molar-refractivity contribution in [1.82, 2.24) is 0 Å². The van der Waals surface area contributed by atoms with Gasteiger partial charge in [-0.25, -0.2) is 4.90 Å². The zero-order chi connectivity index (χ0) is 26.1. The average molecular weight is 584 g/mol. The maximum Gasteiger partial charge on any atom is 0.240 e. The molecule has 186 valence electrons. The van der Waals surface area contributed by atoms with Crippen molar-refractivity contribution in [3.05, 3.63) is 112 Å². The van der Waals surface area contributed by atoms with Gasteiger partial charge in [0.2, 0.25) is 11.8 Å². The van der Waals surface area contributed by atoms with E-state index < -0.39 is 23.9 Å². The van der Waals surface area contributed by atoms with Crippen LogP contribution in [0.15, 0.2) is 95.5 Å². The summed E-state index contributed by atoms with van der Waals surface area (Å²) in [4.78, 5) is 45.8. The molecule has 7 heteroatoms. The molecular formula is C31H20BrClN2O3. The summed E-state index contributed by atoms with van der Waals surface area (Å²) in [5.41, 5.74) is 2.69. The number of hydrogen-bond donors (Lipinski definition) is 0. The van der Waals surface area contributed by atoms with Gasteiger partial charge in [-0.2, -0.15) is 0 Å².